The third-order valence-electron chi connectivity index (χ3n) is 2.47. The zero-order valence-electron chi connectivity index (χ0n) is 11.4. The van der Waals surface area contributed by atoms with Crippen molar-refractivity contribution in [1.29, 1.82) is 0 Å². The van der Waals surface area contributed by atoms with E-state index >= 15 is 0 Å². The summed E-state index contributed by atoms with van der Waals surface area (Å²) in [6.45, 7) is 3.67. The van der Waals surface area contributed by atoms with Gasteiger partial charge in [0.15, 0.2) is 0 Å². The van der Waals surface area contributed by atoms with E-state index in [4.69, 9.17) is 9.88 Å². The Bertz CT molecular complexity index is 614. The molecule has 6 nitrogen and oxygen atoms in total. The number of methoxy groups -OCH3 is 1. The van der Waals surface area contributed by atoms with Gasteiger partial charge in [0.2, 0.25) is 10.0 Å². The predicted octanol–water partition coefficient (Wildman–Crippen LogP) is 0.628. The first kappa shape index (κ1) is 16.5. The molecule has 0 heterocycles. The van der Waals surface area contributed by atoms with E-state index in [9.17, 15) is 17.6 Å². The van der Waals surface area contributed by atoms with Crippen LogP contribution in [-0.2, 0) is 14.8 Å². The van der Waals surface area contributed by atoms with E-state index in [2.05, 4.69) is 5.32 Å². The molecule has 0 saturated carbocycles. The van der Waals surface area contributed by atoms with Gasteiger partial charge >= 0.3 is 0 Å². The van der Waals surface area contributed by atoms with Crippen molar-refractivity contribution in [3.8, 4) is 0 Å². The van der Waals surface area contributed by atoms with Crippen molar-refractivity contribution in [3.05, 3.63) is 29.6 Å². The molecule has 0 fully saturated rings. The Hall–Kier alpha value is -1.51. The molecule has 0 aromatic heterocycles. The van der Waals surface area contributed by atoms with Crippen molar-refractivity contribution in [2.24, 2.45) is 5.14 Å². The number of primary sulfonamides is 1. The quantitative estimate of drug-likeness (QED) is 0.833. The maximum absolute atomic E-state index is 13.8. The van der Waals surface area contributed by atoms with Crippen LogP contribution in [0.2, 0.25) is 0 Å². The summed E-state index contributed by atoms with van der Waals surface area (Å²) in [4.78, 5) is 11.5. The van der Waals surface area contributed by atoms with Gasteiger partial charge in [-0.15, -0.1) is 0 Å². The highest BCUT2D eigenvalue weighted by Crippen LogP contribution is 2.15. The number of amides is 1. The molecule has 0 unspecified atom stereocenters. The molecule has 0 spiro atoms. The maximum Gasteiger partial charge on any atom is 0.254 e. The fourth-order valence-electron chi connectivity index (χ4n) is 1.63. The van der Waals surface area contributed by atoms with Crippen molar-refractivity contribution in [1.82, 2.24) is 5.32 Å². The lowest BCUT2D eigenvalue weighted by Crippen LogP contribution is -2.47. The number of ether oxygens (including phenoxy) is 1. The summed E-state index contributed by atoms with van der Waals surface area (Å²) in [7, 11) is -2.52. The Kier molecular flexibility index (Phi) is 4.85. The van der Waals surface area contributed by atoms with Crippen LogP contribution in [0.1, 0.15) is 24.2 Å². The minimum absolute atomic E-state index is 0.246. The van der Waals surface area contributed by atoms with Gasteiger partial charge in [0.25, 0.3) is 5.91 Å². The van der Waals surface area contributed by atoms with Gasteiger partial charge in [-0.2, -0.15) is 0 Å². The zero-order valence-corrected chi connectivity index (χ0v) is 12.3. The summed E-state index contributed by atoms with van der Waals surface area (Å²) < 4.78 is 40.9. The van der Waals surface area contributed by atoms with E-state index in [1.807, 2.05) is 0 Å². The molecular formula is C12H17FN2O4S. The summed E-state index contributed by atoms with van der Waals surface area (Å²) in [6.07, 6.45) is 0. The standard InChI is InChI=1S/C12H17FN2O4S/c1-12(2,7-19-3)15-11(16)9-5-4-8(6-10(9)13)20(14,17)18/h4-6H,7H2,1-3H3,(H,15,16)(H2,14,17,18). The average molecular weight is 304 g/mol. The second kappa shape index (κ2) is 5.86. The zero-order chi connectivity index (χ0) is 15.6. The average Bonchev–Trinajstić information content (AvgIpc) is 2.26. The first-order valence-corrected chi connectivity index (χ1v) is 7.25. The minimum Gasteiger partial charge on any atom is -0.382 e. The monoisotopic (exact) mass is 304 g/mol. The molecule has 1 amide bonds. The van der Waals surface area contributed by atoms with Crippen LogP contribution in [0, 0.1) is 5.82 Å². The summed E-state index contributed by atoms with van der Waals surface area (Å²) >= 11 is 0. The third kappa shape index (κ3) is 4.26. The highest BCUT2D eigenvalue weighted by Gasteiger charge is 2.23. The molecule has 0 bridgehead atoms. The Morgan fingerprint density at radius 1 is 1.45 bits per heavy atom. The number of benzene rings is 1. The van der Waals surface area contributed by atoms with Gasteiger partial charge in [0, 0.05) is 7.11 Å². The van der Waals surface area contributed by atoms with Crippen molar-refractivity contribution in [2.75, 3.05) is 13.7 Å². The molecule has 0 aliphatic rings. The van der Waals surface area contributed by atoms with Crippen molar-refractivity contribution in [2.45, 2.75) is 24.3 Å². The molecule has 0 aliphatic carbocycles. The van der Waals surface area contributed by atoms with Gasteiger partial charge in [0.1, 0.15) is 5.82 Å². The van der Waals surface area contributed by atoms with Crippen LogP contribution in [0.25, 0.3) is 0 Å². The molecule has 1 rings (SSSR count). The third-order valence-corrected chi connectivity index (χ3v) is 3.38. The molecule has 1 aromatic rings. The van der Waals surface area contributed by atoms with Crippen molar-refractivity contribution >= 4 is 15.9 Å². The lowest BCUT2D eigenvalue weighted by Gasteiger charge is -2.25. The smallest absolute Gasteiger partial charge is 0.254 e. The van der Waals surface area contributed by atoms with E-state index in [-0.39, 0.29) is 17.1 Å². The highest BCUT2D eigenvalue weighted by atomic mass is 32.2. The fourth-order valence-corrected chi connectivity index (χ4v) is 2.15. The Morgan fingerprint density at radius 3 is 2.50 bits per heavy atom. The second-order valence-corrected chi connectivity index (χ2v) is 6.52. The number of carbonyl (C=O) groups excluding carboxylic acids is 1. The summed E-state index contributed by atoms with van der Waals surface area (Å²) in [6, 6.07) is 2.87. The molecule has 112 valence electrons. The fraction of sp³-hybridized carbons (Fsp3) is 0.417. The van der Waals surface area contributed by atoms with E-state index in [1.165, 1.54) is 7.11 Å². The SMILES string of the molecule is COCC(C)(C)NC(=O)c1ccc(S(N)(=O)=O)cc1F. The van der Waals surface area contributed by atoms with Gasteiger partial charge in [-0.05, 0) is 32.0 Å². The van der Waals surface area contributed by atoms with Crippen LogP contribution in [0.15, 0.2) is 23.1 Å². The number of nitrogens with one attached hydrogen (secondary N) is 1. The number of sulfonamides is 1. The summed E-state index contributed by atoms with van der Waals surface area (Å²) in [5.41, 5.74) is -0.946. The highest BCUT2D eigenvalue weighted by molar-refractivity contribution is 7.89. The molecular weight excluding hydrogens is 287 g/mol. The largest absolute Gasteiger partial charge is 0.382 e. The molecule has 0 atom stereocenters. The van der Waals surface area contributed by atoms with Crippen LogP contribution >= 0.6 is 0 Å². The minimum atomic E-state index is -4.00. The van der Waals surface area contributed by atoms with E-state index in [1.54, 1.807) is 13.8 Å². The van der Waals surface area contributed by atoms with E-state index in [0.29, 0.717) is 6.07 Å². The van der Waals surface area contributed by atoms with Gasteiger partial charge in [-0.3, -0.25) is 4.79 Å². The van der Waals surface area contributed by atoms with Crippen LogP contribution in [-0.4, -0.2) is 33.6 Å². The second-order valence-electron chi connectivity index (χ2n) is 4.96. The lowest BCUT2D eigenvalue weighted by atomic mass is 10.1. The molecule has 1 aromatic carbocycles. The number of rotatable bonds is 5. The Morgan fingerprint density at radius 2 is 2.05 bits per heavy atom. The van der Waals surface area contributed by atoms with Crippen molar-refractivity contribution < 1.29 is 22.3 Å². The van der Waals surface area contributed by atoms with Crippen LogP contribution in [0.5, 0.6) is 0 Å². The van der Waals surface area contributed by atoms with Gasteiger partial charge < -0.3 is 10.1 Å². The number of carbonyl (C=O) groups is 1. The number of halogens is 1. The lowest BCUT2D eigenvalue weighted by molar-refractivity contribution is 0.0816. The van der Waals surface area contributed by atoms with Gasteiger partial charge in [0.05, 0.1) is 22.6 Å². The predicted molar refractivity (Wildman–Crippen MR) is 71.2 cm³/mol. The van der Waals surface area contributed by atoms with Gasteiger partial charge in [-0.1, -0.05) is 0 Å². The summed E-state index contributed by atoms with van der Waals surface area (Å²) in [5.74, 6) is -1.62. The van der Waals surface area contributed by atoms with Gasteiger partial charge in [-0.25, -0.2) is 17.9 Å². The molecule has 0 saturated heterocycles. The molecule has 0 aliphatic heterocycles. The Balaban J connectivity index is 3.01. The molecule has 3 N–H and O–H groups in total. The van der Waals surface area contributed by atoms with Crippen LogP contribution in [0.3, 0.4) is 0 Å². The van der Waals surface area contributed by atoms with Crippen LogP contribution in [0.4, 0.5) is 4.39 Å². The summed E-state index contributed by atoms with van der Waals surface area (Å²) in [5, 5.41) is 7.47. The van der Waals surface area contributed by atoms with Crippen molar-refractivity contribution in [3.63, 3.8) is 0 Å². The molecule has 8 heteroatoms. The van der Waals surface area contributed by atoms with Crippen LogP contribution < -0.4 is 10.5 Å². The molecule has 20 heavy (non-hydrogen) atoms. The maximum atomic E-state index is 13.8. The van der Waals surface area contributed by atoms with E-state index < -0.39 is 27.3 Å². The first-order chi connectivity index (χ1) is 9.07. The van der Waals surface area contributed by atoms with E-state index in [0.717, 1.165) is 12.1 Å². The number of nitrogens with two attached hydrogens (primary N) is 1. The molecule has 0 radical (unpaired) electrons. The first-order valence-electron chi connectivity index (χ1n) is 5.70. The Labute approximate surface area is 117 Å². The topological polar surface area (TPSA) is 98.5 Å². The number of hydrogen-bond acceptors (Lipinski definition) is 4. The number of hydrogen-bond donors (Lipinski definition) is 2. The normalized spacial score (nSPS) is 12.2.